The van der Waals surface area contributed by atoms with Crippen LogP contribution < -0.4 is 10.9 Å². The number of aromatic amines is 1. The van der Waals surface area contributed by atoms with Crippen molar-refractivity contribution in [3.63, 3.8) is 0 Å². The van der Waals surface area contributed by atoms with Crippen molar-refractivity contribution in [1.29, 1.82) is 0 Å². The fourth-order valence-electron chi connectivity index (χ4n) is 1.99. The number of H-pyrrole nitrogens is 1. The fourth-order valence-corrected chi connectivity index (χ4v) is 1.99. The summed E-state index contributed by atoms with van der Waals surface area (Å²) in [5.41, 5.74) is -0.834. The van der Waals surface area contributed by atoms with Gasteiger partial charge in [-0.1, -0.05) is 0 Å². The Labute approximate surface area is 103 Å². The predicted molar refractivity (Wildman–Crippen MR) is 64.6 cm³/mol. The molecule has 0 spiro atoms. The third kappa shape index (κ3) is 2.10. The molecule has 6 heteroatoms. The highest BCUT2D eigenvalue weighted by Crippen LogP contribution is 2.45. The van der Waals surface area contributed by atoms with Gasteiger partial charge in [0.15, 0.2) is 0 Å². The van der Waals surface area contributed by atoms with Crippen molar-refractivity contribution in [3.05, 3.63) is 22.2 Å². The second-order valence-corrected chi connectivity index (χ2v) is 5.23. The lowest BCUT2D eigenvalue weighted by molar-refractivity contribution is -0.142. The second kappa shape index (κ2) is 3.83. The zero-order valence-electron chi connectivity index (χ0n) is 9.90. The Kier molecular flexibility index (Phi) is 2.39. The van der Waals surface area contributed by atoms with Gasteiger partial charge in [0.2, 0.25) is 0 Å². The number of rotatable bonds is 5. The normalized spacial score (nSPS) is 20.4. The second-order valence-electron chi connectivity index (χ2n) is 5.23. The summed E-state index contributed by atoms with van der Waals surface area (Å²) in [5.74, 6) is 0.786. The molecule has 0 unspecified atom stereocenters. The molecule has 0 atom stereocenters. The highest BCUT2D eigenvalue weighted by Gasteiger charge is 2.50. The van der Waals surface area contributed by atoms with Crippen LogP contribution in [-0.4, -0.2) is 27.6 Å². The van der Waals surface area contributed by atoms with E-state index in [1.165, 1.54) is 6.07 Å². The smallest absolute Gasteiger partial charge is 0.311 e. The molecule has 0 aromatic carbocycles. The molecule has 1 heterocycles. The quantitative estimate of drug-likeness (QED) is 0.721. The van der Waals surface area contributed by atoms with E-state index in [0.29, 0.717) is 36.9 Å². The first-order chi connectivity index (χ1) is 8.59. The van der Waals surface area contributed by atoms with E-state index < -0.39 is 11.4 Å². The first-order valence-corrected chi connectivity index (χ1v) is 6.18. The number of nitrogens with one attached hydrogen (secondary N) is 2. The first kappa shape index (κ1) is 11.3. The van der Waals surface area contributed by atoms with Gasteiger partial charge in [-0.15, -0.1) is 0 Å². The third-order valence-corrected chi connectivity index (χ3v) is 3.64. The maximum atomic E-state index is 11.5. The van der Waals surface area contributed by atoms with Crippen molar-refractivity contribution in [2.45, 2.75) is 31.6 Å². The van der Waals surface area contributed by atoms with Gasteiger partial charge in [-0.25, -0.2) is 4.98 Å². The summed E-state index contributed by atoms with van der Waals surface area (Å²) in [6.07, 6.45) is 3.50. The molecular weight excluding hydrogens is 234 g/mol. The van der Waals surface area contributed by atoms with Gasteiger partial charge >= 0.3 is 5.97 Å². The van der Waals surface area contributed by atoms with Gasteiger partial charge in [-0.2, -0.15) is 0 Å². The lowest BCUT2D eigenvalue weighted by Gasteiger charge is -2.11. The third-order valence-electron chi connectivity index (χ3n) is 3.64. The van der Waals surface area contributed by atoms with Gasteiger partial charge in [0.1, 0.15) is 11.6 Å². The van der Waals surface area contributed by atoms with E-state index in [4.69, 9.17) is 5.11 Å². The molecule has 0 radical (unpaired) electrons. The zero-order valence-corrected chi connectivity index (χ0v) is 9.90. The molecule has 0 aliphatic heterocycles. The monoisotopic (exact) mass is 249 g/mol. The summed E-state index contributed by atoms with van der Waals surface area (Å²) in [7, 11) is 0. The minimum absolute atomic E-state index is 0.186. The van der Waals surface area contributed by atoms with Crippen LogP contribution in [0.4, 0.5) is 5.82 Å². The summed E-state index contributed by atoms with van der Waals surface area (Å²) in [5, 5.41) is 12.0. The number of nitrogens with zero attached hydrogens (tertiary/aromatic N) is 1. The molecule has 3 N–H and O–H groups in total. The molecule has 0 bridgehead atoms. The van der Waals surface area contributed by atoms with Gasteiger partial charge in [-0.3, -0.25) is 9.59 Å². The van der Waals surface area contributed by atoms with Crippen LogP contribution in [0, 0.1) is 5.41 Å². The Bertz CT molecular complexity index is 544. The highest BCUT2D eigenvalue weighted by molar-refractivity contribution is 5.78. The Morgan fingerprint density at radius 2 is 2.28 bits per heavy atom. The fraction of sp³-hybridized carbons (Fsp3) is 0.583. The number of anilines is 1. The molecule has 1 aromatic heterocycles. The Balaban J connectivity index is 1.72. The molecule has 96 valence electrons. The molecule has 2 saturated carbocycles. The van der Waals surface area contributed by atoms with Crippen LogP contribution in [0.3, 0.4) is 0 Å². The molecule has 0 amide bonds. The molecule has 0 saturated heterocycles. The SMILES string of the molecule is O=C(O)C1(CNc2cc(=O)[nH]c(C3CC3)n2)CC1. The maximum Gasteiger partial charge on any atom is 0.311 e. The van der Waals surface area contributed by atoms with E-state index >= 15 is 0 Å². The standard InChI is InChI=1S/C12H15N3O3/c16-9-5-8(14-10(15-9)7-1-2-7)13-6-12(3-4-12)11(17)18/h5,7H,1-4,6H2,(H,17,18)(H2,13,14,15,16). The van der Waals surface area contributed by atoms with Crippen molar-refractivity contribution in [2.75, 3.05) is 11.9 Å². The minimum Gasteiger partial charge on any atom is -0.481 e. The van der Waals surface area contributed by atoms with E-state index in [9.17, 15) is 9.59 Å². The first-order valence-electron chi connectivity index (χ1n) is 6.18. The van der Waals surface area contributed by atoms with Gasteiger partial charge < -0.3 is 15.4 Å². The van der Waals surface area contributed by atoms with Crippen LogP contribution in [0.25, 0.3) is 0 Å². The number of aliphatic carboxylic acids is 1. The van der Waals surface area contributed by atoms with Gasteiger partial charge in [0, 0.05) is 18.5 Å². The predicted octanol–water partition coefficient (Wildman–Crippen LogP) is 0.924. The molecule has 6 nitrogen and oxygen atoms in total. The number of carbonyl (C=O) groups is 1. The van der Waals surface area contributed by atoms with Crippen molar-refractivity contribution in [2.24, 2.45) is 5.41 Å². The topological polar surface area (TPSA) is 95.1 Å². The number of hydrogen-bond donors (Lipinski definition) is 3. The van der Waals surface area contributed by atoms with E-state index in [-0.39, 0.29) is 5.56 Å². The van der Waals surface area contributed by atoms with E-state index in [0.717, 1.165) is 12.8 Å². The van der Waals surface area contributed by atoms with Crippen LogP contribution in [0.1, 0.15) is 37.4 Å². The molecule has 18 heavy (non-hydrogen) atoms. The Morgan fingerprint density at radius 3 is 2.83 bits per heavy atom. The lowest BCUT2D eigenvalue weighted by Crippen LogP contribution is -2.25. The van der Waals surface area contributed by atoms with E-state index in [2.05, 4.69) is 15.3 Å². The maximum absolute atomic E-state index is 11.5. The number of aromatic nitrogens is 2. The zero-order chi connectivity index (χ0) is 12.8. The lowest BCUT2D eigenvalue weighted by atomic mass is 10.1. The molecule has 2 fully saturated rings. The average molecular weight is 249 g/mol. The molecule has 2 aliphatic carbocycles. The summed E-state index contributed by atoms with van der Waals surface area (Å²) < 4.78 is 0. The van der Waals surface area contributed by atoms with Gasteiger partial charge in [0.05, 0.1) is 5.41 Å². The van der Waals surface area contributed by atoms with Crippen LogP contribution >= 0.6 is 0 Å². The summed E-state index contributed by atoms with van der Waals surface area (Å²) >= 11 is 0. The molecule has 3 rings (SSSR count). The van der Waals surface area contributed by atoms with Crippen LogP contribution in [0.15, 0.2) is 10.9 Å². The molecular formula is C12H15N3O3. The van der Waals surface area contributed by atoms with Crippen molar-refractivity contribution < 1.29 is 9.90 Å². The number of carboxylic acid groups (broad SMARTS) is 1. The summed E-state index contributed by atoms with van der Waals surface area (Å²) in [6, 6.07) is 1.38. The van der Waals surface area contributed by atoms with Crippen LogP contribution in [-0.2, 0) is 4.79 Å². The van der Waals surface area contributed by atoms with E-state index in [1.54, 1.807) is 0 Å². The summed E-state index contributed by atoms with van der Waals surface area (Å²) in [4.78, 5) is 29.5. The molecule has 1 aromatic rings. The van der Waals surface area contributed by atoms with Crippen molar-refractivity contribution in [3.8, 4) is 0 Å². The highest BCUT2D eigenvalue weighted by atomic mass is 16.4. The van der Waals surface area contributed by atoms with Gasteiger partial charge in [0.25, 0.3) is 5.56 Å². The van der Waals surface area contributed by atoms with Crippen molar-refractivity contribution >= 4 is 11.8 Å². The van der Waals surface area contributed by atoms with Crippen LogP contribution in [0.5, 0.6) is 0 Å². The largest absolute Gasteiger partial charge is 0.481 e. The van der Waals surface area contributed by atoms with Crippen molar-refractivity contribution in [1.82, 2.24) is 9.97 Å². The Hall–Kier alpha value is -1.85. The Morgan fingerprint density at radius 1 is 1.56 bits per heavy atom. The minimum atomic E-state index is -0.776. The van der Waals surface area contributed by atoms with E-state index in [1.807, 2.05) is 0 Å². The summed E-state index contributed by atoms with van der Waals surface area (Å²) in [6.45, 7) is 0.336. The number of carboxylic acids is 1. The van der Waals surface area contributed by atoms with Gasteiger partial charge in [-0.05, 0) is 25.7 Å². The molecule has 2 aliphatic rings. The number of hydrogen-bond acceptors (Lipinski definition) is 4. The van der Waals surface area contributed by atoms with Crippen LogP contribution in [0.2, 0.25) is 0 Å². The average Bonchev–Trinajstić information content (AvgIpc) is 3.18.